The zero-order valence-electron chi connectivity index (χ0n) is 10.2. The molecule has 1 atom stereocenters. The van der Waals surface area contributed by atoms with Crippen molar-refractivity contribution in [3.05, 3.63) is 28.8 Å². The van der Waals surface area contributed by atoms with Gasteiger partial charge in [-0.3, -0.25) is 0 Å². The van der Waals surface area contributed by atoms with Crippen LogP contribution in [0.25, 0.3) is 0 Å². The van der Waals surface area contributed by atoms with Crippen LogP contribution in [0.3, 0.4) is 0 Å². The molecule has 0 aromatic heterocycles. The molecule has 1 aromatic carbocycles. The minimum absolute atomic E-state index is 0.310. The molecule has 0 aliphatic carbocycles. The molecule has 4 heteroatoms. The summed E-state index contributed by atoms with van der Waals surface area (Å²) in [4.78, 5) is 0. The average Bonchev–Trinajstić information content (AvgIpc) is 2.29. The number of aryl methyl sites for hydroxylation is 1. The summed E-state index contributed by atoms with van der Waals surface area (Å²) in [6.45, 7) is 3.07. The number of hydrogen-bond acceptors (Lipinski definition) is 3. The molecule has 0 fully saturated rings. The van der Waals surface area contributed by atoms with Gasteiger partial charge in [-0.1, -0.05) is 11.6 Å². The van der Waals surface area contributed by atoms with E-state index in [9.17, 15) is 5.11 Å². The number of benzene rings is 1. The van der Waals surface area contributed by atoms with E-state index in [0.29, 0.717) is 19.6 Å². The Morgan fingerprint density at radius 3 is 2.82 bits per heavy atom. The lowest BCUT2D eigenvalue weighted by Gasteiger charge is -2.10. The Bertz CT molecular complexity index is 344. The lowest BCUT2D eigenvalue weighted by Crippen LogP contribution is -2.14. The van der Waals surface area contributed by atoms with Crippen molar-refractivity contribution in [3.8, 4) is 5.75 Å². The molecule has 0 bridgehead atoms. The van der Waals surface area contributed by atoms with E-state index in [1.165, 1.54) is 0 Å². The van der Waals surface area contributed by atoms with Crippen molar-refractivity contribution in [2.75, 3.05) is 13.2 Å². The Kier molecular flexibility index (Phi) is 6.34. The van der Waals surface area contributed by atoms with Crippen LogP contribution in [0.1, 0.15) is 24.8 Å². The minimum Gasteiger partial charge on any atom is -0.494 e. The highest BCUT2D eigenvalue weighted by Crippen LogP contribution is 2.21. The first-order chi connectivity index (χ1) is 8.13. The van der Waals surface area contributed by atoms with E-state index >= 15 is 0 Å². The third-order valence-electron chi connectivity index (χ3n) is 2.58. The summed E-state index contributed by atoms with van der Waals surface area (Å²) in [5.41, 5.74) is 6.36. The normalized spacial score (nSPS) is 12.5. The summed E-state index contributed by atoms with van der Waals surface area (Å²) in [6, 6.07) is 5.60. The van der Waals surface area contributed by atoms with Crippen LogP contribution < -0.4 is 10.5 Å². The van der Waals surface area contributed by atoms with Gasteiger partial charge in [0.05, 0.1) is 12.7 Å². The van der Waals surface area contributed by atoms with E-state index in [2.05, 4.69) is 0 Å². The lowest BCUT2D eigenvalue weighted by atomic mass is 10.1. The van der Waals surface area contributed by atoms with Crippen LogP contribution >= 0.6 is 11.6 Å². The maximum Gasteiger partial charge on any atom is 0.119 e. The number of aliphatic hydroxyl groups is 1. The van der Waals surface area contributed by atoms with Crippen LogP contribution in [0.4, 0.5) is 0 Å². The monoisotopic (exact) mass is 257 g/mol. The molecule has 0 aliphatic rings. The van der Waals surface area contributed by atoms with E-state index < -0.39 is 0 Å². The smallest absolute Gasteiger partial charge is 0.119 e. The van der Waals surface area contributed by atoms with Crippen LogP contribution in [0.5, 0.6) is 5.75 Å². The zero-order valence-corrected chi connectivity index (χ0v) is 10.9. The molecule has 17 heavy (non-hydrogen) atoms. The predicted octanol–water partition coefficient (Wildman–Crippen LogP) is 2.52. The van der Waals surface area contributed by atoms with Crippen LogP contribution in [0.15, 0.2) is 18.2 Å². The van der Waals surface area contributed by atoms with Crippen LogP contribution in [-0.4, -0.2) is 24.4 Å². The number of rotatable bonds is 7. The van der Waals surface area contributed by atoms with E-state index in [1.807, 2.05) is 25.1 Å². The van der Waals surface area contributed by atoms with Crippen molar-refractivity contribution in [3.63, 3.8) is 0 Å². The quantitative estimate of drug-likeness (QED) is 0.738. The van der Waals surface area contributed by atoms with E-state index in [0.717, 1.165) is 29.2 Å². The summed E-state index contributed by atoms with van der Waals surface area (Å²) in [5, 5.41) is 10.2. The highest BCUT2D eigenvalue weighted by Gasteiger charge is 2.03. The van der Waals surface area contributed by atoms with Gasteiger partial charge in [-0.15, -0.1) is 0 Å². The van der Waals surface area contributed by atoms with Gasteiger partial charge >= 0.3 is 0 Å². The predicted molar refractivity (Wildman–Crippen MR) is 70.6 cm³/mol. The molecule has 1 rings (SSSR count). The summed E-state index contributed by atoms with van der Waals surface area (Å²) < 4.78 is 5.57. The largest absolute Gasteiger partial charge is 0.494 e. The number of nitrogens with two attached hydrogens (primary N) is 1. The highest BCUT2D eigenvalue weighted by molar-refractivity contribution is 6.31. The van der Waals surface area contributed by atoms with Crippen molar-refractivity contribution in [1.29, 1.82) is 0 Å². The van der Waals surface area contributed by atoms with Crippen molar-refractivity contribution >= 4 is 11.6 Å². The van der Waals surface area contributed by atoms with Gasteiger partial charge in [0.2, 0.25) is 0 Å². The highest BCUT2D eigenvalue weighted by atomic mass is 35.5. The molecule has 0 aliphatic heterocycles. The van der Waals surface area contributed by atoms with Crippen LogP contribution in [0.2, 0.25) is 5.02 Å². The van der Waals surface area contributed by atoms with Crippen molar-refractivity contribution in [2.24, 2.45) is 5.73 Å². The molecule has 0 amide bonds. The Balaban J connectivity index is 2.24. The fourth-order valence-electron chi connectivity index (χ4n) is 1.55. The minimum atomic E-state index is -0.310. The molecular formula is C13H20ClNO2. The Morgan fingerprint density at radius 2 is 2.18 bits per heavy atom. The molecule has 3 nitrogen and oxygen atoms in total. The van der Waals surface area contributed by atoms with Crippen molar-refractivity contribution < 1.29 is 9.84 Å². The number of aliphatic hydroxyl groups excluding tert-OH is 1. The molecule has 96 valence electrons. The molecule has 0 spiro atoms. The Labute approximate surface area is 108 Å². The number of hydrogen-bond donors (Lipinski definition) is 2. The zero-order chi connectivity index (χ0) is 12.7. The maximum absolute atomic E-state index is 9.47. The Hall–Kier alpha value is -0.770. The number of halogens is 1. The van der Waals surface area contributed by atoms with Gasteiger partial charge in [0.25, 0.3) is 0 Å². The van der Waals surface area contributed by atoms with E-state index in [1.54, 1.807) is 0 Å². The standard InChI is InChI=1S/C13H20ClNO2/c1-10-9-12(4-5-13(10)14)17-8-2-3-11(16)6-7-15/h4-5,9,11,16H,2-3,6-8,15H2,1H3. The summed E-state index contributed by atoms with van der Waals surface area (Å²) in [5.74, 6) is 0.820. The van der Waals surface area contributed by atoms with E-state index in [-0.39, 0.29) is 6.10 Å². The first-order valence-corrected chi connectivity index (χ1v) is 6.28. The molecule has 1 aromatic rings. The molecule has 3 N–H and O–H groups in total. The average molecular weight is 258 g/mol. The van der Waals surface area contributed by atoms with Gasteiger partial charge < -0.3 is 15.6 Å². The van der Waals surface area contributed by atoms with Crippen LogP contribution in [0, 0.1) is 6.92 Å². The first-order valence-electron chi connectivity index (χ1n) is 5.90. The first kappa shape index (κ1) is 14.3. The summed E-state index contributed by atoms with van der Waals surface area (Å²) in [6.07, 6.45) is 1.89. The molecular weight excluding hydrogens is 238 g/mol. The third-order valence-corrected chi connectivity index (χ3v) is 3.00. The summed E-state index contributed by atoms with van der Waals surface area (Å²) in [7, 11) is 0. The fraction of sp³-hybridized carbons (Fsp3) is 0.538. The van der Waals surface area contributed by atoms with Gasteiger partial charge in [-0.25, -0.2) is 0 Å². The van der Waals surface area contributed by atoms with Crippen molar-refractivity contribution in [2.45, 2.75) is 32.3 Å². The lowest BCUT2D eigenvalue weighted by molar-refractivity contribution is 0.146. The Morgan fingerprint density at radius 1 is 1.41 bits per heavy atom. The second kappa shape index (κ2) is 7.54. The van der Waals surface area contributed by atoms with Crippen LogP contribution in [-0.2, 0) is 0 Å². The maximum atomic E-state index is 9.47. The van der Waals surface area contributed by atoms with Crippen molar-refractivity contribution in [1.82, 2.24) is 0 Å². The van der Waals surface area contributed by atoms with Gasteiger partial charge in [-0.2, -0.15) is 0 Å². The van der Waals surface area contributed by atoms with Gasteiger partial charge in [0.15, 0.2) is 0 Å². The topological polar surface area (TPSA) is 55.5 Å². The second-order valence-corrected chi connectivity index (χ2v) is 4.54. The molecule has 0 saturated carbocycles. The third kappa shape index (κ3) is 5.39. The van der Waals surface area contributed by atoms with Gasteiger partial charge in [0.1, 0.15) is 5.75 Å². The fourth-order valence-corrected chi connectivity index (χ4v) is 1.67. The van der Waals surface area contributed by atoms with E-state index in [4.69, 9.17) is 22.1 Å². The SMILES string of the molecule is Cc1cc(OCCCC(O)CCN)ccc1Cl. The molecule has 0 saturated heterocycles. The van der Waals surface area contributed by atoms with Gasteiger partial charge in [-0.05, 0) is 56.5 Å². The molecule has 1 unspecified atom stereocenters. The van der Waals surface area contributed by atoms with Gasteiger partial charge in [0, 0.05) is 5.02 Å². The second-order valence-electron chi connectivity index (χ2n) is 4.13. The molecule has 0 heterocycles. The summed E-state index contributed by atoms with van der Waals surface area (Å²) >= 11 is 5.92. The molecule has 0 radical (unpaired) electrons. The number of ether oxygens (including phenoxy) is 1.